The Balaban J connectivity index is 2.19. The lowest BCUT2D eigenvalue weighted by Gasteiger charge is -2.31. The molecule has 4 heteroatoms. The van der Waals surface area contributed by atoms with Crippen molar-refractivity contribution < 1.29 is 19.1 Å². The molecule has 0 aromatic heterocycles. The summed E-state index contributed by atoms with van der Waals surface area (Å²) < 4.78 is 11.0. The van der Waals surface area contributed by atoms with Crippen molar-refractivity contribution in [3.8, 4) is 0 Å². The monoisotopic (exact) mass is 432 g/mol. The standard InChI is InChI=1S/C27H44O4/c1-5-22(23-13-9-7-10-14-23)18-27(29)31-26(17-20(3)30-19-28)21(4)25(6-2)24-15-11-8-12-16-24/h17,19,22-25H,5-16,18H2,1-4H3/b20-17-,26-21-/t22?,25-/m0/s1. The Kier molecular flexibility index (Phi) is 11.4. The zero-order valence-corrected chi connectivity index (χ0v) is 20.3. The molecule has 2 fully saturated rings. The van der Waals surface area contributed by atoms with Crippen LogP contribution in [0.1, 0.15) is 111 Å². The summed E-state index contributed by atoms with van der Waals surface area (Å²) in [6.07, 6.45) is 17.0. The second-order valence-electron chi connectivity index (χ2n) is 9.67. The van der Waals surface area contributed by atoms with Crippen molar-refractivity contribution in [2.45, 2.75) is 111 Å². The lowest BCUT2D eigenvalue weighted by atomic mass is 9.75. The molecule has 4 nitrogen and oxygen atoms in total. The number of carbonyl (C=O) groups is 2. The van der Waals surface area contributed by atoms with E-state index in [9.17, 15) is 9.59 Å². The number of rotatable bonds is 11. The minimum absolute atomic E-state index is 0.152. The van der Waals surface area contributed by atoms with Gasteiger partial charge in [-0.05, 0) is 62.4 Å². The molecule has 2 saturated carbocycles. The van der Waals surface area contributed by atoms with Crippen molar-refractivity contribution in [2.75, 3.05) is 0 Å². The summed E-state index contributed by atoms with van der Waals surface area (Å²) in [7, 11) is 0. The SMILES string of the molecule is CCC(CC(=O)OC(/C=C(/C)OC=O)=C(/C)[C@H](CC)C1CCCCC1)C1CCCCC1. The van der Waals surface area contributed by atoms with E-state index in [1.807, 2.05) is 0 Å². The van der Waals surface area contributed by atoms with Gasteiger partial charge in [0.15, 0.2) is 0 Å². The molecule has 0 amide bonds. The predicted molar refractivity (Wildman–Crippen MR) is 125 cm³/mol. The quantitative estimate of drug-likeness (QED) is 0.147. The van der Waals surface area contributed by atoms with Gasteiger partial charge in [0.05, 0.1) is 0 Å². The highest BCUT2D eigenvalue weighted by atomic mass is 16.5. The van der Waals surface area contributed by atoms with Gasteiger partial charge in [-0.15, -0.1) is 0 Å². The summed E-state index contributed by atoms with van der Waals surface area (Å²) >= 11 is 0. The molecule has 31 heavy (non-hydrogen) atoms. The van der Waals surface area contributed by atoms with Crippen molar-refractivity contribution in [1.82, 2.24) is 0 Å². The minimum Gasteiger partial charge on any atom is -0.433 e. The highest BCUT2D eigenvalue weighted by Crippen LogP contribution is 2.38. The molecule has 0 aromatic carbocycles. The first-order valence-electron chi connectivity index (χ1n) is 12.7. The molecule has 0 bridgehead atoms. The van der Waals surface area contributed by atoms with E-state index in [-0.39, 0.29) is 5.97 Å². The summed E-state index contributed by atoms with van der Waals surface area (Å²) in [4.78, 5) is 23.8. The molecule has 0 heterocycles. The highest BCUT2D eigenvalue weighted by Gasteiger charge is 2.28. The van der Waals surface area contributed by atoms with E-state index in [0.29, 0.717) is 48.1 Å². The Morgan fingerprint density at radius 3 is 2.00 bits per heavy atom. The van der Waals surface area contributed by atoms with E-state index in [2.05, 4.69) is 20.8 Å². The van der Waals surface area contributed by atoms with Gasteiger partial charge in [-0.3, -0.25) is 9.59 Å². The molecule has 0 saturated heterocycles. The zero-order chi connectivity index (χ0) is 22.6. The van der Waals surface area contributed by atoms with Crippen LogP contribution in [-0.2, 0) is 19.1 Å². The Bertz CT molecular complexity index is 621. The van der Waals surface area contributed by atoms with Crippen molar-refractivity contribution in [3.05, 3.63) is 23.2 Å². The number of ether oxygens (including phenoxy) is 2. The maximum atomic E-state index is 13.0. The van der Waals surface area contributed by atoms with Crippen molar-refractivity contribution in [2.24, 2.45) is 23.7 Å². The molecule has 176 valence electrons. The molecule has 2 rings (SSSR count). The molecular weight excluding hydrogens is 388 g/mol. The molecule has 0 spiro atoms. The van der Waals surface area contributed by atoms with Crippen LogP contribution in [0, 0.1) is 23.7 Å². The largest absolute Gasteiger partial charge is 0.433 e. The Morgan fingerprint density at radius 2 is 1.48 bits per heavy atom. The fourth-order valence-corrected chi connectivity index (χ4v) is 5.86. The van der Waals surface area contributed by atoms with E-state index in [4.69, 9.17) is 9.47 Å². The minimum atomic E-state index is -0.152. The fraction of sp³-hybridized carbons (Fsp3) is 0.778. The maximum Gasteiger partial charge on any atom is 0.311 e. The first-order chi connectivity index (χ1) is 15.0. The number of carbonyl (C=O) groups excluding carboxylic acids is 2. The molecule has 2 atom stereocenters. The predicted octanol–water partition coefficient (Wildman–Crippen LogP) is 7.48. The Hall–Kier alpha value is -1.58. The van der Waals surface area contributed by atoms with E-state index < -0.39 is 0 Å². The van der Waals surface area contributed by atoms with Crippen LogP contribution >= 0.6 is 0 Å². The molecule has 2 aliphatic rings. The number of esters is 1. The van der Waals surface area contributed by atoms with Crippen molar-refractivity contribution in [3.63, 3.8) is 0 Å². The van der Waals surface area contributed by atoms with Crippen LogP contribution in [0.3, 0.4) is 0 Å². The number of allylic oxidation sites excluding steroid dienone is 3. The van der Waals surface area contributed by atoms with Crippen LogP contribution in [0.25, 0.3) is 0 Å². The van der Waals surface area contributed by atoms with E-state index in [0.717, 1.165) is 18.4 Å². The number of hydrogen-bond acceptors (Lipinski definition) is 4. The first kappa shape index (κ1) is 25.7. The lowest BCUT2D eigenvalue weighted by Crippen LogP contribution is -2.23. The van der Waals surface area contributed by atoms with Crippen LogP contribution in [0.4, 0.5) is 0 Å². The molecule has 0 aromatic rings. The van der Waals surface area contributed by atoms with Gasteiger partial charge in [0.25, 0.3) is 6.47 Å². The Morgan fingerprint density at radius 1 is 0.903 bits per heavy atom. The normalized spacial score (nSPS) is 21.7. The van der Waals surface area contributed by atoms with Crippen molar-refractivity contribution in [1.29, 1.82) is 0 Å². The molecule has 0 radical (unpaired) electrons. The van der Waals surface area contributed by atoms with Crippen LogP contribution in [0.2, 0.25) is 0 Å². The summed E-state index contributed by atoms with van der Waals surface area (Å²) in [6, 6.07) is 0. The van der Waals surface area contributed by atoms with E-state index in [1.165, 1.54) is 64.2 Å². The average molecular weight is 433 g/mol. The zero-order valence-electron chi connectivity index (χ0n) is 20.3. The molecule has 0 N–H and O–H groups in total. The summed E-state index contributed by atoms with van der Waals surface area (Å²) in [5.74, 6) is 2.95. The van der Waals surface area contributed by atoms with Gasteiger partial charge in [-0.25, -0.2) is 0 Å². The molecule has 1 unspecified atom stereocenters. The first-order valence-corrected chi connectivity index (χ1v) is 12.7. The summed E-state index contributed by atoms with van der Waals surface area (Å²) in [6.45, 7) is 8.65. The van der Waals surface area contributed by atoms with E-state index >= 15 is 0 Å². The fourth-order valence-electron chi connectivity index (χ4n) is 5.86. The van der Waals surface area contributed by atoms with Crippen LogP contribution in [0.15, 0.2) is 23.2 Å². The van der Waals surface area contributed by atoms with Gasteiger partial charge in [-0.1, -0.05) is 71.6 Å². The second-order valence-corrected chi connectivity index (χ2v) is 9.67. The third-order valence-corrected chi connectivity index (χ3v) is 7.67. The van der Waals surface area contributed by atoms with Gasteiger partial charge < -0.3 is 9.47 Å². The van der Waals surface area contributed by atoms with Gasteiger partial charge >= 0.3 is 5.97 Å². The van der Waals surface area contributed by atoms with Crippen LogP contribution in [-0.4, -0.2) is 12.4 Å². The summed E-state index contributed by atoms with van der Waals surface area (Å²) in [5.41, 5.74) is 1.11. The highest BCUT2D eigenvalue weighted by molar-refractivity contribution is 5.71. The molecular formula is C27H44O4. The smallest absolute Gasteiger partial charge is 0.311 e. The maximum absolute atomic E-state index is 13.0. The van der Waals surface area contributed by atoms with Crippen LogP contribution in [0.5, 0.6) is 0 Å². The topological polar surface area (TPSA) is 52.6 Å². The summed E-state index contributed by atoms with van der Waals surface area (Å²) in [5, 5.41) is 0. The third-order valence-electron chi connectivity index (χ3n) is 7.67. The average Bonchev–Trinajstić information content (AvgIpc) is 2.79. The molecule has 2 aliphatic carbocycles. The lowest BCUT2D eigenvalue weighted by molar-refractivity contribution is -0.140. The number of hydrogen-bond donors (Lipinski definition) is 0. The second kappa shape index (κ2) is 13.8. The Labute approximate surface area is 189 Å². The molecule has 0 aliphatic heterocycles. The van der Waals surface area contributed by atoms with Crippen LogP contribution < -0.4 is 0 Å². The van der Waals surface area contributed by atoms with Gasteiger partial charge in [-0.2, -0.15) is 0 Å². The van der Waals surface area contributed by atoms with E-state index in [1.54, 1.807) is 13.0 Å². The third kappa shape index (κ3) is 8.12. The van der Waals surface area contributed by atoms with Crippen molar-refractivity contribution >= 4 is 12.4 Å². The van der Waals surface area contributed by atoms with Gasteiger partial charge in [0.2, 0.25) is 0 Å². The van der Waals surface area contributed by atoms with Gasteiger partial charge in [0, 0.05) is 12.5 Å². The van der Waals surface area contributed by atoms with Gasteiger partial charge in [0.1, 0.15) is 11.5 Å².